The maximum atomic E-state index is 6.33. The maximum Gasteiger partial charge on any atom is 2.00 e. The second kappa shape index (κ2) is 42.1. The predicted molar refractivity (Wildman–Crippen MR) is 610 cm³/mol. The van der Waals surface area contributed by atoms with Crippen LogP contribution in [0, 0.1) is 0 Å². The Morgan fingerprint density at radius 2 is 0.463 bits per heavy atom. The Balaban J connectivity index is 0.00000609. The van der Waals surface area contributed by atoms with Crippen LogP contribution in [-0.4, -0.2) is 39.9 Å². The second-order valence-electron chi connectivity index (χ2n) is 38.2. The Morgan fingerprint density at radius 3 is 0.732 bits per heavy atom. The average molecular weight is 2150 g/mol. The number of pyridine rings is 4. The number of hydrogen-bond donors (Lipinski definition) is 0. The van der Waals surface area contributed by atoms with Gasteiger partial charge in [-0.15, -0.1) is 44.1 Å². The molecule has 14 heterocycles. The van der Waals surface area contributed by atoms with Crippen molar-refractivity contribution < 1.29 is 34.1 Å². The van der Waals surface area contributed by atoms with Gasteiger partial charge in [-0.1, -0.05) is 356 Å². The summed E-state index contributed by atoms with van der Waals surface area (Å²) < 4.78 is 1.45. The van der Waals surface area contributed by atoms with E-state index >= 15 is 0 Å². The van der Waals surface area contributed by atoms with E-state index in [1.54, 1.807) is 0 Å². The zero-order chi connectivity index (χ0) is 98.4. The molecule has 5 aliphatic rings. The van der Waals surface area contributed by atoms with Crippen LogP contribution >= 0.6 is 31.9 Å². The molecule has 4 aliphatic heterocycles. The molecule has 0 saturated heterocycles. The molecule has 10 aromatic carbocycles. The summed E-state index contributed by atoms with van der Waals surface area (Å²) in [6.07, 6.45) is 34.3. The number of hydrogen-bond acceptors (Lipinski definition) is 8. The molecule has 724 valence electrons. The number of halogens is 2. The third-order valence-corrected chi connectivity index (χ3v) is 31.0. The molecule has 0 spiro atoms. The van der Waals surface area contributed by atoms with E-state index in [1.807, 2.05) is 49.6 Å². The van der Waals surface area contributed by atoms with E-state index in [-0.39, 0.29) is 34.1 Å². The number of fused-ring (bicyclic) bond motifs is 19. The Hall–Kier alpha value is -16.0. The first-order valence-electron chi connectivity index (χ1n) is 50.7. The van der Waals surface area contributed by atoms with Crippen molar-refractivity contribution in [1.29, 1.82) is 0 Å². The van der Waals surface area contributed by atoms with Crippen LogP contribution in [0.15, 0.2) is 410 Å². The van der Waals surface area contributed by atoms with Crippen LogP contribution in [0.2, 0.25) is 0 Å². The van der Waals surface area contributed by atoms with Crippen LogP contribution in [0.5, 0.6) is 0 Å². The van der Waals surface area contributed by atoms with Crippen LogP contribution in [0.1, 0.15) is 157 Å². The smallest absolute Gasteiger partial charge is 0.656 e. The normalized spacial score (nSPS) is 12.7. The summed E-state index contributed by atoms with van der Waals surface area (Å²) in [5.41, 5.74) is 42.2. The first kappa shape index (κ1) is 96.5. The molecule has 0 amide bonds. The van der Waals surface area contributed by atoms with Gasteiger partial charge in [-0.25, -0.2) is 19.9 Å². The molecule has 10 aromatic heterocycles. The number of benzene rings is 10. The monoisotopic (exact) mass is 2140 g/mol. The molecule has 16 bridgehead atoms. The van der Waals surface area contributed by atoms with Crippen molar-refractivity contribution in [3.05, 3.63) is 489 Å². The largest absolute Gasteiger partial charge is 2.00 e. The van der Waals surface area contributed by atoms with Gasteiger partial charge in [-0.3, -0.25) is 19.9 Å². The van der Waals surface area contributed by atoms with Gasteiger partial charge in [-0.2, -0.15) is 0 Å². The summed E-state index contributed by atoms with van der Waals surface area (Å²) in [5, 5.41) is 0. The average Bonchev–Trinajstić information content (AvgIpc) is 1.55. The summed E-state index contributed by atoms with van der Waals surface area (Å²) in [7, 11) is 0. The van der Waals surface area contributed by atoms with Gasteiger partial charge in [0.2, 0.25) is 0 Å². The summed E-state index contributed by atoms with van der Waals surface area (Å²) in [5.74, 6) is 0. The topological polar surface area (TPSA) is 160 Å². The van der Waals surface area contributed by atoms with Crippen molar-refractivity contribution in [2.24, 2.45) is 0 Å². The fourth-order valence-electron chi connectivity index (χ4n) is 22.4. The standard InChI is InChI=1S/C133H96Br2N12.2Cu/c1-3-5-7-33-63-133(64-34-8-6-4-2)107-73-95(117-109-75-99(83-35-17-9-18-36-83)125(140-109)119(91-55-65-136-66-56-91)129-103(87-43-25-13-26-44-87)79-113(144-129)123(134)114-80-104(88-45-27-14-28-46-88)130(145-114)120(92-57-67-137-68-58-92)126-100(76-110(117)141-126)84-37-19-10-20-38-84)51-53-97(107)98-54-52-96(74-108(98)133)118-111-77-101(85-39-21-11-22-40-85)127(142-111)121(93-59-69-138-70-60-93)131-105(89-47-29-15-30-48-89)81-115(146-131)124(135)116-82-106(90-49-31-16-32-50-90)132(147-116)122(94-61-71-139-72-62-94)128-102(78-112(118)143-128)86-41-23-12-24-42-86;;/h9-32,35-62,65-82H,3-8,33-34,63-64H2,1-2H3;;/q-4;2*+2. The van der Waals surface area contributed by atoms with Gasteiger partial charge in [0.15, 0.2) is 0 Å². The fraction of sp³-hybridized carbons (Fsp3) is 0.0977. The van der Waals surface area contributed by atoms with Gasteiger partial charge in [0.05, 0.1) is 45.6 Å². The van der Waals surface area contributed by atoms with Gasteiger partial charge in [-0.05, 0) is 285 Å². The minimum absolute atomic E-state index is 0. The Morgan fingerprint density at radius 1 is 0.221 bits per heavy atom. The zero-order valence-electron chi connectivity index (χ0n) is 81.7. The third-order valence-electron chi connectivity index (χ3n) is 29.4. The van der Waals surface area contributed by atoms with E-state index in [4.69, 9.17) is 59.8 Å². The molecule has 2 radical (unpaired) electrons. The molecule has 0 saturated carbocycles. The predicted octanol–water partition coefficient (Wildman–Crippen LogP) is 33.8. The zero-order valence-corrected chi connectivity index (χ0v) is 86.8. The molecular formula is C133H96Br2Cu2N12. The molecule has 0 fully saturated rings. The molecular weight excluding hydrogens is 2050 g/mol. The SMILES string of the molecule is CCCCCCC1(CCCCCC)c2cc(-c3c4nc(c(-c5ccncc5)c5[n-]c(cc5-c5ccccc5)c(Br)c5nc(c(-c6ccncc6)c6[n-]c3cc6-c3ccccc3)C(c3ccccc3)=C5)C(c3ccccc3)=C4)ccc2-c2ccc(-c3c4nc(c(-c5ccncc5)c5[n-]c(cc5-c5ccccc5)c(Br)c5nc(c(-c6ccncc6)c6[n-]c3cc6-c3ccccc3)C(c3ccccc3)=C5)C(c3ccccc3)=C4)cc21.[Cu+2].[Cu+2]. The quantitative estimate of drug-likeness (QED) is 0.0417. The van der Waals surface area contributed by atoms with Crippen molar-refractivity contribution in [2.75, 3.05) is 0 Å². The Bertz CT molecular complexity index is 8410. The van der Waals surface area contributed by atoms with Crippen LogP contribution in [-0.2, 0) is 39.6 Å². The number of aromatic nitrogens is 12. The molecule has 0 N–H and O–H groups in total. The van der Waals surface area contributed by atoms with E-state index in [9.17, 15) is 0 Å². The number of unbranched alkanes of at least 4 members (excludes halogenated alkanes) is 6. The fourth-order valence-corrected chi connectivity index (χ4v) is 23.3. The second-order valence-corrected chi connectivity index (χ2v) is 39.8. The van der Waals surface area contributed by atoms with Crippen LogP contribution in [0.3, 0.4) is 0 Å². The number of nitrogens with zero attached hydrogens (tertiary/aromatic N) is 12. The van der Waals surface area contributed by atoms with E-state index in [2.05, 4.69) is 422 Å². The van der Waals surface area contributed by atoms with Crippen LogP contribution in [0.25, 0.3) is 213 Å². The van der Waals surface area contributed by atoms with Crippen LogP contribution < -0.4 is 19.9 Å². The van der Waals surface area contributed by atoms with Gasteiger partial charge < -0.3 is 19.9 Å². The van der Waals surface area contributed by atoms with Gasteiger partial charge in [0.1, 0.15) is 0 Å². The maximum absolute atomic E-state index is 6.33. The third kappa shape index (κ3) is 18.0. The molecule has 12 nitrogen and oxygen atoms in total. The van der Waals surface area contributed by atoms with Crippen molar-refractivity contribution in [2.45, 2.75) is 83.5 Å². The Kier molecular flexibility index (Phi) is 27.2. The van der Waals surface area contributed by atoms with E-state index in [0.29, 0.717) is 22.4 Å². The summed E-state index contributed by atoms with van der Waals surface area (Å²) >= 11 is 8.57. The van der Waals surface area contributed by atoms with Gasteiger partial charge >= 0.3 is 34.1 Å². The molecule has 16 heteroatoms. The van der Waals surface area contributed by atoms with E-state index < -0.39 is 5.41 Å². The molecule has 149 heavy (non-hydrogen) atoms. The van der Waals surface area contributed by atoms with Gasteiger partial charge in [0, 0.05) is 86.2 Å². The number of rotatable bonds is 24. The van der Waals surface area contributed by atoms with Crippen molar-refractivity contribution >= 4 is 123 Å². The molecule has 20 aromatic rings. The molecule has 25 rings (SSSR count). The molecule has 0 atom stereocenters. The van der Waals surface area contributed by atoms with Gasteiger partial charge in [0.25, 0.3) is 0 Å². The van der Waals surface area contributed by atoms with E-state index in [1.165, 1.54) is 22.3 Å². The van der Waals surface area contributed by atoms with Crippen molar-refractivity contribution in [3.8, 4) is 122 Å². The minimum atomic E-state index is -0.588. The minimum Gasteiger partial charge on any atom is -0.656 e. The Labute approximate surface area is 904 Å². The first-order valence-corrected chi connectivity index (χ1v) is 52.3. The molecule has 1 aliphatic carbocycles. The van der Waals surface area contributed by atoms with Crippen molar-refractivity contribution in [3.63, 3.8) is 0 Å². The summed E-state index contributed by atoms with van der Waals surface area (Å²) in [6.45, 7) is 4.65. The van der Waals surface area contributed by atoms with E-state index in [0.717, 1.165) is 296 Å². The first-order chi connectivity index (χ1) is 72.6. The summed E-state index contributed by atoms with van der Waals surface area (Å²) in [4.78, 5) is 67.8. The molecule has 0 unspecified atom stereocenters. The van der Waals surface area contributed by atoms with Crippen molar-refractivity contribution in [1.82, 2.24) is 59.8 Å². The summed E-state index contributed by atoms with van der Waals surface area (Å²) in [6, 6.07) is 126. The van der Waals surface area contributed by atoms with Crippen LogP contribution in [0.4, 0.5) is 0 Å².